The molecule has 0 saturated heterocycles. The Labute approximate surface area is 112 Å². The van der Waals surface area contributed by atoms with Gasteiger partial charge in [0.25, 0.3) is 5.91 Å². The van der Waals surface area contributed by atoms with E-state index in [1.54, 1.807) is 11.3 Å². The van der Waals surface area contributed by atoms with Crippen LogP contribution in [0, 0.1) is 27.7 Å². The zero-order valence-corrected chi connectivity index (χ0v) is 11.9. The Bertz CT molecular complexity index is 599. The van der Waals surface area contributed by atoms with E-state index in [4.69, 9.17) is 0 Å². The molecule has 0 aliphatic rings. The zero-order valence-electron chi connectivity index (χ0n) is 11.1. The van der Waals surface area contributed by atoms with Crippen LogP contribution in [-0.4, -0.2) is 5.91 Å². The van der Waals surface area contributed by atoms with Gasteiger partial charge in [-0.25, -0.2) is 0 Å². The number of anilines is 1. The molecule has 0 saturated carbocycles. The molecule has 0 aliphatic carbocycles. The number of hydrogen-bond acceptors (Lipinski definition) is 2. The first-order valence-corrected chi connectivity index (χ1v) is 6.74. The summed E-state index contributed by atoms with van der Waals surface area (Å²) in [5, 5.41) is 2.95. The van der Waals surface area contributed by atoms with E-state index in [-0.39, 0.29) is 5.91 Å². The number of benzene rings is 1. The molecule has 1 aromatic carbocycles. The molecule has 1 amide bonds. The summed E-state index contributed by atoms with van der Waals surface area (Å²) < 4.78 is 0. The van der Waals surface area contributed by atoms with E-state index in [2.05, 4.69) is 12.2 Å². The van der Waals surface area contributed by atoms with Crippen molar-refractivity contribution in [3.63, 3.8) is 0 Å². The predicted molar refractivity (Wildman–Crippen MR) is 77.7 cm³/mol. The molecule has 0 bridgehead atoms. The highest BCUT2D eigenvalue weighted by Gasteiger charge is 2.12. The van der Waals surface area contributed by atoms with Crippen LogP contribution in [0.3, 0.4) is 0 Å². The van der Waals surface area contributed by atoms with E-state index in [9.17, 15) is 4.79 Å². The van der Waals surface area contributed by atoms with Crippen LogP contribution < -0.4 is 5.32 Å². The van der Waals surface area contributed by atoms with Crippen LogP contribution in [0.5, 0.6) is 0 Å². The minimum absolute atomic E-state index is 0.0277. The van der Waals surface area contributed by atoms with Crippen molar-refractivity contribution < 1.29 is 4.79 Å². The van der Waals surface area contributed by atoms with Crippen molar-refractivity contribution in [3.8, 4) is 0 Å². The number of rotatable bonds is 2. The largest absolute Gasteiger partial charge is 0.322 e. The van der Waals surface area contributed by atoms with Crippen LogP contribution in [0.1, 0.15) is 31.2 Å². The summed E-state index contributed by atoms with van der Waals surface area (Å²) in [7, 11) is 0. The second-order valence-corrected chi connectivity index (χ2v) is 6.04. The molecule has 0 radical (unpaired) electrons. The van der Waals surface area contributed by atoms with Gasteiger partial charge in [-0.1, -0.05) is 6.07 Å². The van der Waals surface area contributed by atoms with Crippen molar-refractivity contribution in [3.05, 3.63) is 50.7 Å². The molecule has 18 heavy (non-hydrogen) atoms. The Hall–Kier alpha value is -1.61. The molecule has 1 aromatic heterocycles. The standard InChI is InChI=1S/C15H17NOS/c1-9-5-6-13(7-10(9)2)16-15(17)14-8-11(3)18-12(14)4/h5-8H,1-4H3,(H,16,17). The Morgan fingerprint density at radius 3 is 2.33 bits per heavy atom. The van der Waals surface area contributed by atoms with Crippen LogP contribution in [0.25, 0.3) is 0 Å². The van der Waals surface area contributed by atoms with Crippen LogP contribution >= 0.6 is 11.3 Å². The summed E-state index contributed by atoms with van der Waals surface area (Å²) in [6.45, 7) is 8.11. The molecule has 0 atom stereocenters. The van der Waals surface area contributed by atoms with Gasteiger partial charge in [0, 0.05) is 15.4 Å². The van der Waals surface area contributed by atoms with E-state index in [0.29, 0.717) is 0 Å². The van der Waals surface area contributed by atoms with Crippen molar-refractivity contribution in [1.82, 2.24) is 0 Å². The van der Waals surface area contributed by atoms with Gasteiger partial charge in [-0.05, 0) is 57.0 Å². The van der Waals surface area contributed by atoms with Crippen molar-refractivity contribution in [2.24, 2.45) is 0 Å². The second kappa shape index (κ2) is 4.94. The van der Waals surface area contributed by atoms with Gasteiger partial charge in [-0.2, -0.15) is 0 Å². The van der Waals surface area contributed by atoms with Crippen molar-refractivity contribution in [1.29, 1.82) is 0 Å². The maximum atomic E-state index is 12.1. The van der Waals surface area contributed by atoms with Crippen LogP contribution in [-0.2, 0) is 0 Å². The number of hydrogen-bond donors (Lipinski definition) is 1. The second-order valence-electron chi connectivity index (χ2n) is 4.58. The quantitative estimate of drug-likeness (QED) is 0.859. The molecule has 0 fully saturated rings. The fourth-order valence-corrected chi connectivity index (χ4v) is 2.80. The third-order valence-corrected chi connectivity index (χ3v) is 4.02. The Kier molecular flexibility index (Phi) is 3.53. The van der Waals surface area contributed by atoms with Gasteiger partial charge in [-0.3, -0.25) is 4.79 Å². The first-order valence-electron chi connectivity index (χ1n) is 5.93. The number of carbonyl (C=O) groups excluding carboxylic acids is 1. The molecule has 2 nitrogen and oxygen atoms in total. The van der Waals surface area contributed by atoms with E-state index < -0.39 is 0 Å². The van der Waals surface area contributed by atoms with Crippen molar-refractivity contribution in [2.75, 3.05) is 5.32 Å². The maximum Gasteiger partial charge on any atom is 0.256 e. The molecular weight excluding hydrogens is 242 g/mol. The summed E-state index contributed by atoms with van der Waals surface area (Å²) in [4.78, 5) is 14.4. The lowest BCUT2D eigenvalue weighted by Gasteiger charge is -2.07. The van der Waals surface area contributed by atoms with Gasteiger partial charge in [0.15, 0.2) is 0 Å². The fraction of sp³-hybridized carbons (Fsp3) is 0.267. The fourth-order valence-electron chi connectivity index (χ4n) is 1.87. The smallest absolute Gasteiger partial charge is 0.256 e. The lowest BCUT2D eigenvalue weighted by atomic mass is 10.1. The first kappa shape index (κ1) is 12.8. The maximum absolute atomic E-state index is 12.1. The first-order chi connectivity index (χ1) is 8.47. The van der Waals surface area contributed by atoms with Gasteiger partial charge in [0.2, 0.25) is 0 Å². The number of carbonyl (C=O) groups is 1. The summed E-state index contributed by atoms with van der Waals surface area (Å²) >= 11 is 1.65. The van der Waals surface area contributed by atoms with Crippen molar-refractivity contribution in [2.45, 2.75) is 27.7 Å². The molecule has 3 heteroatoms. The molecule has 0 aliphatic heterocycles. The average molecular weight is 259 g/mol. The highest BCUT2D eigenvalue weighted by Crippen LogP contribution is 2.22. The topological polar surface area (TPSA) is 29.1 Å². The number of aryl methyl sites for hydroxylation is 4. The van der Waals surface area contributed by atoms with E-state index in [0.717, 1.165) is 21.0 Å². The molecule has 1 heterocycles. The Morgan fingerprint density at radius 2 is 1.78 bits per heavy atom. The minimum Gasteiger partial charge on any atom is -0.322 e. The summed E-state index contributed by atoms with van der Waals surface area (Å²) in [5.41, 5.74) is 4.05. The molecular formula is C15H17NOS. The van der Waals surface area contributed by atoms with Crippen LogP contribution in [0.2, 0.25) is 0 Å². The SMILES string of the molecule is Cc1cc(C(=O)Nc2ccc(C)c(C)c2)c(C)s1. The van der Waals surface area contributed by atoms with E-state index in [1.807, 2.05) is 45.0 Å². The lowest BCUT2D eigenvalue weighted by Crippen LogP contribution is -2.12. The molecule has 0 unspecified atom stereocenters. The van der Waals surface area contributed by atoms with E-state index in [1.165, 1.54) is 11.1 Å². The zero-order chi connectivity index (χ0) is 13.3. The van der Waals surface area contributed by atoms with Gasteiger partial charge >= 0.3 is 0 Å². The van der Waals surface area contributed by atoms with Gasteiger partial charge in [0.1, 0.15) is 0 Å². The third-order valence-electron chi connectivity index (χ3n) is 3.05. The van der Waals surface area contributed by atoms with E-state index >= 15 is 0 Å². The molecule has 1 N–H and O–H groups in total. The normalized spacial score (nSPS) is 10.4. The summed E-state index contributed by atoms with van der Waals surface area (Å²) in [6.07, 6.45) is 0. The van der Waals surface area contributed by atoms with Crippen molar-refractivity contribution >= 4 is 22.9 Å². The Morgan fingerprint density at radius 1 is 1.06 bits per heavy atom. The lowest BCUT2D eigenvalue weighted by molar-refractivity contribution is 0.102. The molecule has 0 spiro atoms. The average Bonchev–Trinajstić information content (AvgIpc) is 2.63. The van der Waals surface area contributed by atoms with Gasteiger partial charge in [0.05, 0.1) is 5.56 Å². The molecule has 94 valence electrons. The monoisotopic (exact) mass is 259 g/mol. The van der Waals surface area contributed by atoms with Crippen LogP contribution in [0.15, 0.2) is 24.3 Å². The highest BCUT2D eigenvalue weighted by molar-refractivity contribution is 7.12. The summed E-state index contributed by atoms with van der Waals surface area (Å²) in [6, 6.07) is 7.91. The highest BCUT2D eigenvalue weighted by atomic mass is 32.1. The molecule has 2 rings (SSSR count). The van der Waals surface area contributed by atoms with Crippen LogP contribution in [0.4, 0.5) is 5.69 Å². The predicted octanol–water partition coefficient (Wildman–Crippen LogP) is 4.23. The molecule has 2 aromatic rings. The summed E-state index contributed by atoms with van der Waals surface area (Å²) in [5.74, 6) is -0.0277. The minimum atomic E-state index is -0.0277. The third kappa shape index (κ3) is 2.62. The van der Waals surface area contributed by atoms with Gasteiger partial charge in [-0.15, -0.1) is 11.3 Å². The number of thiophene rings is 1. The Balaban J connectivity index is 2.21. The number of nitrogens with one attached hydrogen (secondary N) is 1. The van der Waals surface area contributed by atoms with Gasteiger partial charge < -0.3 is 5.32 Å². The number of amides is 1.